The summed E-state index contributed by atoms with van der Waals surface area (Å²) in [6, 6.07) is 8.93. The third kappa shape index (κ3) is 3.72. The van der Waals surface area contributed by atoms with E-state index >= 15 is 0 Å². The lowest BCUT2D eigenvalue weighted by molar-refractivity contribution is 0.584. The highest BCUT2D eigenvalue weighted by Gasteiger charge is 2.14. The molecule has 10 heteroatoms. The Balaban J connectivity index is 1.61. The highest BCUT2D eigenvalue weighted by molar-refractivity contribution is 6.35. The minimum atomic E-state index is -0.588. The van der Waals surface area contributed by atoms with Gasteiger partial charge >= 0.3 is 0 Å². The van der Waals surface area contributed by atoms with E-state index in [9.17, 15) is 8.78 Å². The lowest BCUT2D eigenvalue weighted by Crippen LogP contribution is -2.01. The Morgan fingerprint density at radius 2 is 1.90 bits per heavy atom. The fraction of sp³-hybridized carbons (Fsp3) is 0.0526. The molecule has 0 aliphatic rings. The van der Waals surface area contributed by atoms with Crippen LogP contribution in [0.2, 0.25) is 5.02 Å². The lowest BCUT2D eigenvalue weighted by atomic mass is 10.1. The van der Waals surface area contributed by atoms with Gasteiger partial charge in [-0.15, -0.1) is 5.10 Å². The lowest BCUT2D eigenvalue weighted by Gasteiger charge is -2.10. The molecule has 7 nitrogen and oxygen atoms in total. The van der Waals surface area contributed by atoms with E-state index in [4.69, 9.17) is 17.3 Å². The van der Waals surface area contributed by atoms with Crippen molar-refractivity contribution in [2.45, 2.75) is 0 Å². The molecule has 4 aromatic rings. The number of rotatable bonds is 4. The Morgan fingerprint density at radius 1 is 1.07 bits per heavy atom. The first-order valence-corrected chi connectivity index (χ1v) is 8.80. The minimum Gasteiger partial charge on any atom is -0.382 e. The van der Waals surface area contributed by atoms with Crippen molar-refractivity contribution in [2.24, 2.45) is 7.05 Å². The number of nitrogens with zero attached hydrogens (tertiary/aromatic N) is 5. The molecule has 0 spiro atoms. The van der Waals surface area contributed by atoms with E-state index in [0.717, 1.165) is 0 Å². The molecule has 29 heavy (non-hydrogen) atoms. The summed E-state index contributed by atoms with van der Waals surface area (Å²) in [5.41, 5.74) is 7.46. The third-order valence-corrected chi connectivity index (χ3v) is 4.58. The van der Waals surface area contributed by atoms with Crippen LogP contribution in [0.5, 0.6) is 0 Å². The first-order chi connectivity index (χ1) is 13.9. The number of hydrogen-bond acceptors (Lipinski definition) is 6. The summed E-state index contributed by atoms with van der Waals surface area (Å²) < 4.78 is 29.2. The van der Waals surface area contributed by atoms with E-state index in [1.165, 1.54) is 35.3 Å². The SMILES string of the molecule is Cn1nc(-c2ccc(F)nc2)nc1Nc1ccc(-c2ccnc(N)c2Cl)c(F)c1. The first kappa shape index (κ1) is 18.8. The summed E-state index contributed by atoms with van der Waals surface area (Å²) in [5.74, 6) is -0.212. The van der Waals surface area contributed by atoms with Crippen molar-refractivity contribution in [1.82, 2.24) is 24.7 Å². The van der Waals surface area contributed by atoms with Crippen LogP contribution in [0.15, 0.2) is 48.8 Å². The monoisotopic (exact) mass is 413 g/mol. The normalized spacial score (nSPS) is 10.9. The average Bonchev–Trinajstić information content (AvgIpc) is 3.05. The van der Waals surface area contributed by atoms with E-state index in [2.05, 4.69) is 25.4 Å². The second-order valence-corrected chi connectivity index (χ2v) is 6.51. The smallest absolute Gasteiger partial charge is 0.225 e. The second kappa shape index (κ2) is 7.44. The summed E-state index contributed by atoms with van der Waals surface area (Å²) >= 11 is 6.14. The van der Waals surface area contributed by atoms with Gasteiger partial charge in [-0.25, -0.2) is 19.0 Å². The summed E-state index contributed by atoms with van der Waals surface area (Å²) in [7, 11) is 1.68. The standard InChI is InChI=1S/C19H14ClF2N7/c1-29-19(27-18(28-29)10-2-5-15(22)25-9-10)26-11-3-4-12(14(21)8-11)13-6-7-24-17(23)16(13)20/h2-9H,1H3,(H2,23,24)(H,26,27,28). The van der Waals surface area contributed by atoms with Gasteiger partial charge in [-0.3, -0.25) is 0 Å². The van der Waals surface area contributed by atoms with Gasteiger partial charge in [-0.2, -0.15) is 9.37 Å². The number of aryl methyl sites for hydroxylation is 1. The first-order valence-electron chi connectivity index (χ1n) is 8.42. The molecule has 0 fully saturated rings. The van der Waals surface area contributed by atoms with Gasteiger partial charge in [-0.05, 0) is 36.4 Å². The summed E-state index contributed by atoms with van der Waals surface area (Å²) in [5, 5.41) is 7.46. The minimum absolute atomic E-state index is 0.132. The molecule has 3 N–H and O–H groups in total. The van der Waals surface area contributed by atoms with Gasteiger partial charge in [0, 0.05) is 41.8 Å². The Kier molecular flexibility index (Phi) is 4.81. The number of nitrogen functional groups attached to an aromatic ring is 1. The van der Waals surface area contributed by atoms with Crippen LogP contribution < -0.4 is 11.1 Å². The molecule has 0 amide bonds. The number of anilines is 3. The van der Waals surface area contributed by atoms with E-state index in [1.54, 1.807) is 25.2 Å². The van der Waals surface area contributed by atoms with Crippen molar-refractivity contribution in [3.05, 3.63) is 65.6 Å². The highest BCUT2D eigenvalue weighted by Crippen LogP contribution is 2.33. The fourth-order valence-corrected chi connectivity index (χ4v) is 2.95. The van der Waals surface area contributed by atoms with Gasteiger partial charge in [0.25, 0.3) is 0 Å². The predicted molar refractivity (Wildman–Crippen MR) is 107 cm³/mol. The molecule has 1 aromatic carbocycles. The number of aromatic nitrogens is 5. The van der Waals surface area contributed by atoms with Crippen LogP contribution in [-0.2, 0) is 7.05 Å². The van der Waals surface area contributed by atoms with Crippen molar-refractivity contribution >= 4 is 29.1 Å². The highest BCUT2D eigenvalue weighted by atomic mass is 35.5. The fourth-order valence-electron chi connectivity index (χ4n) is 2.73. The summed E-state index contributed by atoms with van der Waals surface area (Å²) in [6.45, 7) is 0. The molecular formula is C19H14ClF2N7. The van der Waals surface area contributed by atoms with Gasteiger partial charge in [-0.1, -0.05) is 11.6 Å². The number of benzene rings is 1. The maximum Gasteiger partial charge on any atom is 0.225 e. The van der Waals surface area contributed by atoms with Crippen LogP contribution in [0.3, 0.4) is 0 Å². The molecule has 0 bridgehead atoms. The quantitative estimate of drug-likeness (QED) is 0.487. The van der Waals surface area contributed by atoms with Crippen LogP contribution >= 0.6 is 11.6 Å². The van der Waals surface area contributed by atoms with Crippen molar-refractivity contribution in [2.75, 3.05) is 11.1 Å². The van der Waals surface area contributed by atoms with Gasteiger partial charge < -0.3 is 11.1 Å². The third-order valence-electron chi connectivity index (χ3n) is 4.18. The Morgan fingerprint density at radius 3 is 2.62 bits per heavy atom. The molecule has 4 rings (SSSR count). The molecule has 0 saturated heterocycles. The summed E-state index contributed by atoms with van der Waals surface area (Å²) in [6.07, 6.45) is 2.81. The zero-order chi connectivity index (χ0) is 20.5. The number of pyridine rings is 2. The van der Waals surface area contributed by atoms with Gasteiger partial charge in [0.1, 0.15) is 11.6 Å². The van der Waals surface area contributed by atoms with Crippen LogP contribution in [0, 0.1) is 11.8 Å². The van der Waals surface area contributed by atoms with Crippen molar-refractivity contribution in [3.8, 4) is 22.5 Å². The maximum atomic E-state index is 14.7. The molecule has 0 aliphatic carbocycles. The zero-order valence-electron chi connectivity index (χ0n) is 15.1. The number of halogens is 3. The van der Waals surface area contributed by atoms with Gasteiger partial charge in [0.2, 0.25) is 11.9 Å². The van der Waals surface area contributed by atoms with Gasteiger partial charge in [0.05, 0.1) is 5.02 Å². The molecule has 146 valence electrons. The average molecular weight is 414 g/mol. The molecule has 3 aromatic heterocycles. The molecule has 0 atom stereocenters. The van der Waals surface area contributed by atoms with Crippen molar-refractivity contribution in [3.63, 3.8) is 0 Å². The van der Waals surface area contributed by atoms with Crippen LogP contribution in [0.4, 0.5) is 26.2 Å². The Labute approximate surface area is 169 Å². The number of hydrogen-bond donors (Lipinski definition) is 2. The number of nitrogens with two attached hydrogens (primary N) is 1. The van der Waals surface area contributed by atoms with E-state index in [1.807, 2.05) is 0 Å². The molecule has 0 saturated carbocycles. The topological polar surface area (TPSA) is 94.5 Å². The largest absolute Gasteiger partial charge is 0.382 e. The molecule has 0 aliphatic heterocycles. The van der Waals surface area contributed by atoms with Crippen molar-refractivity contribution in [1.29, 1.82) is 0 Å². The van der Waals surface area contributed by atoms with Crippen LogP contribution in [0.25, 0.3) is 22.5 Å². The van der Waals surface area contributed by atoms with Crippen LogP contribution in [0.1, 0.15) is 0 Å². The molecular weight excluding hydrogens is 400 g/mol. The van der Waals surface area contributed by atoms with E-state index < -0.39 is 11.8 Å². The van der Waals surface area contributed by atoms with E-state index in [-0.39, 0.29) is 10.8 Å². The zero-order valence-corrected chi connectivity index (χ0v) is 15.8. The van der Waals surface area contributed by atoms with E-state index in [0.29, 0.717) is 34.2 Å². The molecule has 0 radical (unpaired) electrons. The predicted octanol–water partition coefficient (Wildman–Crippen LogP) is 4.20. The second-order valence-electron chi connectivity index (χ2n) is 6.13. The summed E-state index contributed by atoms with van der Waals surface area (Å²) in [4.78, 5) is 11.8. The Hall–Kier alpha value is -3.59. The van der Waals surface area contributed by atoms with Crippen molar-refractivity contribution < 1.29 is 8.78 Å². The molecule has 0 unspecified atom stereocenters. The van der Waals surface area contributed by atoms with Crippen LogP contribution in [-0.4, -0.2) is 24.7 Å². The van der Waals surface area contributed by atoms with Gasteiger partial charge in [0.15, 0.2) is 5.82 Å². The Bertz CT molecular complexity index is 1190. The molecule has 3 heterocycles. The number of nitrogens with one attached hydrogen (secondary N) is 1. The maximum absolute atomic E-state index is 14.7.